The van der Waals surface area contributed by atoms with Gasteiger partial charge in [0.25, 0.3) is 0 Å². The lowest BCUT2D eigenvalue weighted by Crippen LogP contribution is -2.52. The van der Waals surface area contributed by atoms with E-state index in [9.17, 15) is 13.2 Å². The zero-order valence-corrected chi connectivity index (χ0v) is 21.0. The minimum absolute atomic E-state index is 0.0761. The number of hydrogen-bond acceptors (Lipinski definition) is 4. The number of sulfonamides is 1. The summed E-state index contributed by atoms with van der Waals surface area (Å²) in [6.07, 6.45) is 3.07. The topological polar surface area (TPSA) is 60.9 Å². The van der Waals surface area contributed by atoms with Crippen molar-refractivity contribution in [2.24, 2.45) is 0 Å². The van der Waals surface area contributed by atoms with Gasteiger partial charge < -0.3 is 4.90 Å². The van der Waals surface area contributed by atoms with Gasteiger partial charge in [-0.15, -0.1) is 0 Å². The van der Waals surface area contributed by atoms with Crippen molar-refractivity contribution in [3.63, 3.8) is 0 Å². The van der Waals surface area contributed by atoms with Crippen molar-refractivity contribution in [2.75, 3.05) is 26.7 Å². The van der Waals surface area contributed by atoms with Crippen LogP contribution in [0.25, 0.3) is 10.8 Å². The molecule has 0 spiro atoms. The molecule has 0 saturated carbocycles. The van der Waals surface area contributed by atoms with Crippen LogP contribution in [0.5, 0.6) is 0 Å². The smallest absolute Gasteiger partial charge is 0.244 e. The number of piperidine rings is 1. The van der Waals surface area contributed by atoms with Gasteiger partial charge in [0.2, 0.25) is 15.9 Å². The highest BCUT2D eigenvalue weighted by atomic mass is 32.2. The molecule has 2 fully saturated rings. The fourth-order valence-corrected chi connectivity index (χ4v) is 7.41. The van der Waals surface area contributed by atoms with Crippen LogP contribution >= 0.6 is 0 Å². The van der Waals surface area contributed by atoms with Crippen LogP contribution in [0, 0.1) is 0 Å². The molecule has 2 heterocycles. The molecule has 35 heavy (non-hydrogen) atoms. The number of carbonyl (C=O) groups is 1. The molecule has 0 unspecified atom stereocenters. The van der Waals surface area contributed by atoms with Crippen LogP contribution in [0.15, 0.2) is 77.7 Å². The van der Waals surface area contributed by atoms with Gasteiger partial charge in [0.05, 0.1) is 4.90 Å². The minimum Gasteiger partial charge on any atom is -0.341 e. The van der Waals surface area contributed by atoms with Crippen LogP contribution in [0.1, 0.15) is 31.2 Å². The Balaban J connectivity index is 1.28. The highest BCUT2D eigenvalue weighted by Crippen LogP contribution is 2.32. The molecule has 7 heteroatoms. The number of carbonyl (C=O) groups excluding carboxylic acids is 1. The molecular weight excluding hydrogens is 458 g/mol. The fourth-order valence-electron chi connectivity index (χ4n) is 5.54. The molecule has 0 aromatic heterocycles. The van der Waals surface area contributed by atoms with Crippen molar-refractivity contribution in [3.05, 3.63) is 78.4 Å². The molecule has 2 saturated heterocycles. The van der Waals surface area contributed by atoms with Gasteiger partial charge in [-0.05, 0) is 42.7 Å². The number of likely N-dealkylation sites (N-methyl/N-ethyl adjacent to an activating group) is 1. The third-order valence-corrected chi connectivity index (χ3v) is 9.49. The lowest BCUT2D eigenvalue weighted by molar-refractivity contribution is -0.136. The van der Waals surface area contributed by atoms with Crippen molar-refractivity contribution in [1.82, 2.24) is 14.1 Å². The van der Waals surface area contributed by atoms with Crippen LogP contribution < -0.4 is 0 Å². The summed E-state index contributed by atoms with van der Waals surface area (Å²) in [4.78, 5) is 18.1. The summed E-state index contributed by atoms with van der Waals surface area (Å²) in [5.74, 6) is -0.0761. The Labute approximate surface area is 208 Å². The van der Waals surface area contributed by atoms with Gasteiger partial charge in [0.1, 0.15) is 6.04 Å². The van der Waals surface area contributed by atoms with Crippen molar-refractivity contribution in [3.8, 4) is 0 Å². The Hall–Kier alpha value is -2.74. The second-order valence-corrected chi connectivity index (χ2v) is 11.6. The monoisotopic (exact) mass is 491 g/mol. The molecule has 3 aromatic rings. The maximum atomic E-state index is 13.7. The van der Waals surface area contributed by atoms with E-state index in [0.29, 0.717) is 24.8 Å². The molecule has 0 N–H and O–H groups in total. The molecule has 1 atom stereocenters. The summed E-state index contributed by atoms with van der Waals surface area (Å²) in [6.45, 7) is 3.16. The molecule has 3 aromatic carbocycles. The van der Waals surface area contributed by atoms with Gasteiger partial charge in [-0.2, -0.15) is 4.31 Å². The van der Waals surface area contributed by atoms with E-state index in [1.807, 2.05) is 48.3 Å². The molecular formula is C28H33N3O3S. The van der Waals surface area contributed by atoms with Crippen LogP contribution in [-0.4, -0.2) is 67.2 Å². The van der Waals surface area contributed by atoms with Crippen molar-refractivity contribution >= 4 is 26.7 Å². The first-order valence-corrected chi connectivity index (χ1v) is 13.9. The SMILES string of the molecule is CN(C(=O)[C@@H]1CCCN1S(=O)(=O)c1cccc2ccccc12)C1CCN(Cc2ccccc2)CC1. The van der Waals surface area contributed by atoms with Gasteiger partial charge in [-0.1, -0.05) is 66.7 Å². The maximum Gasteiger partial charge on any atom is 0.244 e. The summed E-state index contributed by atoms with van der Waals surface area (Å²) in [5, 5.41) is 1.59. The van der Waals surface area contributed by atoms with Crippen LogP contribution in [0.3, 0.4) is 0 Å². The van der Waals surface area contributed by atoms with Crippen molar-refractivity contribution in [2.45, 2.75) is 49.2 Å². The molecule has 5 rings (SSSR count). The van der Waals surface area contributed by atoms with Gasteiger partial charge >= 0.3 is 0 Å². The number of hydrogen-bond donors (Lipinski definition) is 0. The summed E-state index contributed by atoms with van der Waals surface area (Å²) >= 11 is 0. The number of fused-ring (bicyclic) bond motifs is 1. The van der Waals surface area contributed by atoms with Gasteiger partial charge in [0.15, 0.2) is 0 Å². The van der Waals surface area contributed by atoms with E-state index < -0.39 is 16.1 Å². The predicted octanol–water partition coefficient (Wildman–Crippen LogP) is 4.12. The number of benzene rings is 3. The van der Waals surface area contributed by atoms with E-state index in [-0.39, 0.29) is 16.8 Å². The number of amides is 1. The molecule has 184 valence electrons. The average molecular weight is 492 g/mol. The van der Waals surface area contributed by atoms with E-state index >= 15 is 0 Å². The Morgan fingerprint density at radius 2 is 1.57 bits per heavy atom. The number of rotatable bonds is 6. The van der Waals surface area contributed by atoms with Crippen LogP contribution in [-0.2, 0) is 21.4 Å². The van der Waals surface area contributed by atoms with E-state index in [0.717, 1.165) is 37.9 Å². The number of likely N-dealkylation sites (tertiary alicyclic amines) is 1. The predicted molar refractivity (Wildman–Crippen MR) is 138 cm³/mol. The Morgan fingerprint density at radius 1 is 0.886 bits per heavy atom. The Kier molecular flexibility index (Phi) is 6.91. The average Bonchev–Trinajstić information content (AvgIpc) is 3.40. The summed E-state index contributed by atoms with van der Waals surface area (Å²) in [7, 11) is -1.94. The zero-order valence-electron chi connectivity index (χ0n) is 20.2. The summed E-state index contributed by atoms with van der Waals surface area (Å²) in [6, 6.07) is 22.8. The first kappa shape index (κ1) is 24.0. The normalized spacial score (nSPS) is 20.3. The van der Waals surface area contributed by atoms with E-state index in [1.54, 1.807) is 12.1 Å². The third kappa shape index (κ3) is 4.85. The standard InChI is InChI=1S/C28H33N3O3S/c1-29(24-16-19-30(20-17-24)21-22-9-3-2-4-10-22)28(32)26-14-8-18-31(26)35(33,34)27-15-7-12-23-11-5-6-13-25(23)27/h2-7,9-13,15,24,26H,8,14,16-21H2,1H3/t26-/m0/s1. The van der Waals surface area contributed by atoms with E-state index in [4.69, 9.17) is 0 Å². The van der Waals surface area contributed by atoms with Crippen molar-refractivity contribution < 1.29 is 13.2 Å². The Morgan fingerprint density at radius 3 is 2.34 bits per heavy atom. The largest absolute Gasteiger partial charge is 0.341 e. The quantitative estimate of drug-likeness (QED) is 0.521. The molecule has 0 aliphatic carbocycles. The molecule has 2 aliphatic heterocycles. The number of nitrogens with zero attached hydrogens (tertiary/aromatic N) is 3. The summed E-state index contributed by atoms with van der Waals surface area (Å²) < 4.78 is 28.9. The van der Waals surface area contributed by atoms with Gasteiger partial charge in [0, 0.05) is 44.7 Å². The van der Waals surface area contributed by atoms with Gasteiger partial charge in [-0.3, -0.25) is 9.69 Å². The lowest BCUT2D eigenvalue weighted by Gasteiger charge is -2.38. The maximum absolute atomic E-state index is 13.7. The van der Waals surface area contributed by atoms with Crippen LogP contribution in [0.4, 0.5) is 0 Å². The van der Waals surface area contributed by atoms with E-state index in [1.165, 1.54) is 9.87 Å². The van der Waals surface area contributed by atoms with E-state index in [2.05, 4.69) is 29.2 Å². The van der Waals surface area contributed by atoms with Gasteiger partial charge in [-0.25, -0.2) is 8.42 Å². The first-order chi connectivity index (χ1) is 16.9. The molecule has 0 bridgehead atoms. The lowest BCUT2D eigenvalue weighted by atomic mass is 10.0. The molecule has 6 nitrogen and oxygen atoms in total. The zero-order chi connectivity index (χ0) is 24.4. The highest BCUT2D eigenvalue weighted by Gasteiger charge is 2.42. The summed E-state index contributed by atoms with van der Waals surface area (Å²) in [5.41, 5.74) is 1.30. The first-order valence-electron chi connectivity index (χ1n) is 12.5. The Bertz CT molecular complexity index is 1280. The third-order valence-electron chi connectivity index (χ3n) is 7.53. The second-order valence-electron chi connectivity index (χ2n) is 9.69. The molecule has 2 aliphatic rings. The van der Waals surface area contributed by atoms with Crippen LogP contribution in [0.2, 0.25) is 0 Å². The van der Waals surface area contributed by atoms with Crippen molar-refractivity contribution in [1.29, 1.82) is 0 Å². The molecule has 0 radical (unpaired) electrons. The fraction of sp³-hybridized carbons (Fsp3) is 0.393. The highest BCUT2D eigenvalue weighted by molar-refractivity contribution is 7.89. The molecule has 1 amide bonds. The second kappa shape index (κ2) is 10.1. The minimum atomic E-state index is -3.79.